The van der Waals surface area contributed by atoms with Crippen molar-refractivity contribution in [1.29, 1.82) is 0 Å². The third-order valence-electron chi connectivity index (χ3n) is 4.43. The summed E-state index contributed by atoms with van der Waals surface area (Å²) in [6.07, 6.45) is 3.55. The Morgan fingerprint density at radius 1 is 1.30 bits per heavy atom. The van der Waals surface area contributed by atoms with E-state index >= 15 is 0 Å². The number of nitrogens with zero attached hydrogens (tertiary/aromatic N) is 1. The molecule has 1 amide bonds. The predicted octanol–water partition coefficient (Wildman–Crippen LogP) is 2.44. The molecule has 1 heterocycles. The number of benzene rings is 1. The normalized spacial score (nSPS) is 22.8. The van der Waals surface area contributed by atoms with E-state index in [2.05, 4.69) is 21.2 Å². The van der Waals surface area contributed by atoms with Gasteiger partial charge >= 0.3 is 0 Å². The molecule has 1 saturated heterocycles. The molecular weight excluding hydrogens is 380 g/mol. The summed E-state index contributed by atoms with van der Waals surface area (Å²) in [6, 6.07) is 5.47. The number of aryl methyl sites for hydroxylation is 1. The molecule has 0 unspecified atom stereocenters. The largest absolute Gasteiger partial charge is 0.353 e. The van der Waals surface area contributed by atoms with Crippen molar-refractivity contribution < 1.29 is 13.2 Å². The minimum Gasteiger partial charge on any atom is -0.353 e. The van der Waals surface area contributed by atoms with Crippen molar-refractivity contribution in [2.75, 3.05) is 13.1 Å². The molecule has 1 aliphatic carbocycles. The Morgan fingerprint density at radius 2 is 2.04 bits per heavy atom. The monoisotopic (exact) mass is 400 g/mol. The van der Waals surface area contributed by atoms with Crippen molar-refractivity contribution in [1.82, 2.24) is 9.62 Å². The van der Waals surface area contributed by atoms with Crippen molar-refractivity contribution in [2.24, 2.45) is 5.92 Å². The number of halogens is 1. The number of rotatable bonds is 4. The van der Waals surface area contributed by atoms with Gasteiger partial charge in [-0.2, -0.15) is 4.31 Å². The molecule has 1 saturated carbocycles. The van der Waals surface area contributed by atoms with Crippen LogP contribution in [0.15, 0.2) is 27.6 Å². The molecule has 1 aromatic carbocycles. The molecule has 2 fully saturated rings. The molecule has 2 aliphatic rings. The Bertz CT molecular complexity index is 716. The molecule has 5 nitrogen and oxygen atoms in total. The maximum absolute atomic E-state index is 12.9. The fraction of sp³-hybridized carbons (Fsp3) is 0.562. The van der Waals surface area contributed by atoms with Gasteiger partial charge in [0, 0.05) is 23.6 Å². The van der Waals surface area contributed by atoms with Crippen LogP contribution in [0.3, 0.4) is 0 Å². The lowest BCUT2D eigenvalue weighted by molar-refractivity contribution is -0.126. The van der Waals surface area contributed by atoms with Crippen LogP contribution in [0.1, 0.15) is 31.2 Å². The molecule has 1 aliphatic heterocycles. The highest BCUT2D eigenvalue weighted by molar-refractivity contribution is 9.10. The molecule has 7 heteroatoms. The van der Waals surface area contributed by atoms with Gasteiger partial charge in [-0.3, -0.25) is 4.79 Å². The van der Waals surface area contributed by atoms with Crippen LogP contribution in [-0.4, -0.2) is 37.8 Å². The van der Waals surface area contributed by atoms with Crippen molar-refractivity contribution in [3.63, 3.8) is 0 Å². The molecule has 1 aromatic rings. The first kappa shape index (κ1) is 16.9. The van der Waals surface area contributed by atoms with Gasteiger partial charge in [0.15, 0.2) is 0 Å². The van der Waals surface area contributed by atoms with Gasteiger partial charge in [0.1, 0.15) is 0 Å². The number of carbonyl (C=O) groups excluding carboxylic acids is 1. The molecule has 0 bridgehead atoms. The van der Waals surface area contributed by atoms with E-state index in [1.54, 1.807) is 25.1 Å². The second kappa shape index (κ2) is 6.53. The third-order valence-corrected chi connectivity index (χ3v) is 6.95. The molecular formula is C16H21BrN2O3S. The van der Waals surface area contributed by atoms with E-state index in [4.69, 9.17) is 0 Å². The van der Waals surface area contributed by atoms with Gasteiger partial charge < -0.3 is 5.32 Å². The second-order valence-electron chi connectivity index (χ2n) is 6.39. The average Bonchev–Trinajstić information content (AvgIpc) is 3.31. The van der Waals surface area contributed by atoms with Crippen LogP contribution in [-0.2, 0) is 14.8 Å². The van der Waals surface area contributed by atoms with Crippen LogP contribution >= 0.6 is 15.9 Å². The average molecular weight is 401 g/mol. The summed E-state index contributed by atoms with van der Waals surface area (Å²) >= 11 is 3.36. The standard InChI is InChI=1S/C16H21BrN2O3S/c1-11-9-13(17)4-7-15(11)23(21,22)19-8-2-3-12(10-19)16(20)18-14-5-6-14/h4,7,9,12,14H,2-3,5-6,8,10H2,1H3,(H,18,20)/t12-/m0/s1. The Morgan fingerprint density at radius 3 is 2.70 bits per heavy atom. The zero-order valence-corrected chi connectivity index (χ0v) is 15.5. The first-order valence-corrected chi connectivity index (χ1v) is 10.2. The minimum absolute atomic E-state index is 0.0000666. The Balaban J connectivity index is 1.77. The number of hydrogen-bond acceptors (Lipinski definition) is 3. The van der Waals surface area contributed by atoms with Gasteiger partial charge in [-0.1, -0.05) is 15.9 Å². The Labute approximate surface area is 145 Å². The van der Waals surface area contributed by atoms with Gasteiger partial charge in [0.25, 0.3) is 0 Å². The SMILES string of the molecule is Cc1cc(Br)ccc1S(=O)(=O)N1CCC[C@H](C(=O)NC2CC2)C1. The molecule has 0 aromatic heterocycles. The van der Waals surface area contributed by atoms with Crippen LogP contribution in [0.2, 0.25) is 0 Å². The van der Waals surface area contributed by atoms with E-state index < -0.39 is 10.0 Å². The number of carbonyl (C=O) groups is 1. The topological polar surface area (TPSA) is 66.5 Å². The first-order chi connectivity index (χ1) is 10.9. The van der Waals surface area contributed by atoms with Crippen molar-refractivity contribution in [3.05, 3.63) is 28.2 Å². The van der Waals surface area contributed by atoms with E-state index in [9.17, 15) is 13.2 Å². The fourth-order valence-corrected chi connectivity index (χ4v) is 5.17. The molecule has 23 heavy (non-hydrogen) atoms. The number of piperidine rings is 1. The fourth-order valence-electron chi connectivity index (χ4n) is 2.96. The summed E-state index contributed by atoms with van der Waals surface area (Å²) in [7, 11) is -3.56. The van der Waals surface area contributed by atoms with Gasteiger partial charge in [0.05, 0.1) is 10.8 Å². The lowest BCUT2D eigenvalue weighted by Crippen LogP contribution is -2.45. The predicted molar refractivity (Wildman–Crippen MR) is 91.5 cm³/mol. The molecule has 1 atom stereocenters. The molecule has 0 spiro atoms. The van der Waals surface area contributed by atoms with Gasteiger partial charge in [-0.05, 0) is 56.4 Å². The number of amides is 1. The maximum atomic E-state index is 12.9. The summed E-state index contributed by atoms with van der Waals surface area (Å²) in [5, 5.41) is 2.99. The zero-order chi connectivity index (χ0) is 16.6. The van der Waals surface area contributed by atoms with Crippen LogP contribution in [0.5, 0.6) is 0 Å². The van der Waals surface area contributed by atoms with Crippen LogP contribution in [0.4, 0.5) is 0 Å². The van der Waals surface area contributed by atoms with Crippen molar-refractivity contribution in [2.45, 2.75) is 43.5 Å². The Kier molecular flexibility index (Phi) is 4.80. The maximum Gasteiger partial charge on any atom is 0.243 e. The highest BCUT2D eigenvalue weighted by Crippen LogP contribution is 2.28. The van der Waals surface area contributed by atoms with Crippen LogP contribution in [0, 0.1) is 12.8 Å². The summed E-state index contributed by atoms with van der Waals surface area (Å²) in [4.78, 5) is 12.6. The molecule has 0 radical (unpaired) electrons. The van der Waals surface area contributed by atoms with Crippen LogP contribution < -0.4 is 5.32 Å². The minimum atomic E-state index is -3.56. The highest BCUT2D eigenvalue weighted by Gasteiger charge is 2.35. The molecule has 3 rings (SSSR count). The van der Waals surface area contributed by atoms with E-state index in [1.165, 1.54) is 4.31 Å². The zero-order valence-electron chi connectivity index (χ0n) is 13.1. The van der Waals surface area contributed by atoms with Crippen LogP contribution in [0.25, 0.3) is 0 Å². The summed E-state index contributed by atoms with van der Waals surface area (Å²) in [5.74, 6) is -0.241. The third kappa shape index (κ3) is 3.78. The summed E-state index contributed by atoms with van der Waals surface area (Å²) in [5.41, 5.74) is 0.712. The van der Waals surface area contributed by atoms with E-state index in [-0.39, 0.29) is 18.4 Å². The lowest BCUT2D eigenvalue weighted by atomic mass is 9.99. The number of nitrogens with one attached hydrogen (secondary N) is 1. The van der Waals surface area contributed by atoms with E-state index in [0.717, 1.165) is 30.2 Å². The highest BCUT2D eigenvalue weighted by atomic mass is 79.9. The summed E-state index contributed by atoms with van der Waals surface area (Å²) < 4.78 is 28.1. The smallest absolute Gasteiger partial charge is 0.243 e. The Hall–Kier alpha value is -0.920. The second-order valence-corrected chi connectivity index (χ2v) is 9.22. The van der Waals surface area contributed by atoms with Crippen molar-refractivity contribution >= 4 is 31.9 Å². The first-order valence-electron chi connectivity index (χ1n) is 7.94. The lowest BCUT2D eigenvalue weighted by Gasteiger charge is -2.31. The van der Waals surface area contributed by atoms with E-state index in [1.807, 2.05) is 0 Å². The quantitative estimate of drug-likeness (QED) is 0.843. The summed E-state index contributed by atoms with van der Waals surface area (Å²) in [6.45, 7) is 2.54. The van der Waals surface area contributed by atoms with E-state index in [0.29, 0.717) is 23.0 Å². The number of hydrogen-bond donors (Lipinski definition) is 1. The van der Waals surface area contributed by atoms with Gasteiger partial charge in [0.2, 0.25) is 15.9 Å². The molecule has 126 valence electrons. The molecule has 1 N–H and O–H groups in total. The van der Waals surface area contributed by atoms with Gasteiger partial charge in [-0.25, -0.2) is 8.42 Å². The van der Waals surface area contributed by atoms with Gasteiger partial charge in [-0.15, -0.1) is 0 Å². The van der Waals surface area contributed by atoms with Crippen molar-refractivity contribution in [3.8, 4) is 0 Å². The number of sulfonamides is 1.